The number of hydrogen-bond acceptors (Lipinski definition) is 3. The number of rotatable bonds is 2. The summed E-state index contributed by atoms with van der Waals surface area (Å²) in [6.45, 7) is 0. The summed E-state index contributed by atoms with van der Waals surface area (Å²) in [7, 11) is 0. The molecule has 0 N–H and O–H groups in total. The second kappa shape index (κ2) is 7.50. The lowest BCUT2D eigenvalue weighted by atomic mass is 9.82. The molecule has 2 nitrogen and oxygen atoms in total. The Morgan fingerprint density at radius 2 is 1.71 bits per heavy atom. The van der Waals surface area contributed by atoms with Crippen molar-refractivity contribution in [2.24, 2.45) is 4.99 Å². The molecule has 5 heteroatoms. The van der Waals surface area contributed by atoms with E-state index in [1.807, 2.05) is 12.1 Å². The molecule has 2 aliphatic heterocycles. The third-order valence-corrected chi connectivity index (χ3v) is 7.47. The highest BCUT2D eigenvalue weighted by Gasteiger charge is 2.40. The van der Waals surface area contributed by atoms with Crippen LogP contribution >= 0.6 is 27.7 Å². The molecule has 0 fully saturated rings. The average molecular weight is 489 g/mol. The molecule has 3 aromatic carbocycles. The van der Waals surface area contributed by atoms with Gasteiger partial charge in [-0.3, -0.25) is 0 Å². The van der Waals surface area contributed by atoms with E-state index in [-0.39, 0.29) is 11.9 Å². The number of halogens is 2. The molecule has 152 valence electrons. The molecular formula is C26H18BrFN2S. The highest BCUT2D eigenvalue weighted by atomic mass is 79.9. The molecule has 0 aromatic heterocycles. The molecule has 1 unspecified atom stereocenters. The molecule has 2 heterocycles. The summed E-state index contributed by atoms with van der Waals surface area (Å²) in [4.78, 5) is 7.47. The molecule has 31 heavy (non-hydrogen) atoms. The molecule has 3 aromatic rings. The van der Waals surface area contributed by atoms with Crippen LogP contribution in [0.25, 0.3) is 11.4 Å². The van der Waals surface area contributed by atoms with Gasteiger partial charge in [-0.05, 0) is 59.4 Å². The quantitative estimate of drug-likeness (QED) is 0.373. The van der Waals surface area contributed by atoms with E-state index in [1.54, 1.807) is 23.9 Å². The van der Waals surface area contributed by atoms with E-state index >= 15 is 0 Å². The van der Waals surface area contributed by atoms with Gasteiger partial charge in [0, 0.05) is 15.4 Å². The van der Waals surface area contributed by atoms with Gasteiger partial charge in [-0.1, -0.05) is 76.2 Å². The van der Waals surface area contributed by atoms with Gasteiger partial charge < -0.3 is 4.90 Å². The molecule has 1 atom stereocenters. The fourth-order valence-corrected chi connectivity index (χ4v) is 5.85. The summed E-state index contributed by atoms with van der Waals surface area (Å²) in [5, 5.41) is 3.16. The van der Waals surface area contributed by atoms with Gasteiger partial charge in [0.25, 0.3) is 0 Å². The monoisotopic (exact) mass is 488 g/mol. The maximum Gasteiger partial charge on any atom is 0.174 e. The van der Waals surface area contributed by atoms with Crippen molar-refractivity contribution in [1.29, 1.82) is 0 Å². The maximum absolute atomic E-state index is 13.8. The fourth-order valence-electron chi connectivity index (χ4n) is 4.66. The van der Waals surface area contributed by atoms with Crippen LogP contribution in [0.15, 0.2) is 93.2 Å². The molecule has 0 saturated carbocycles. The molecule has 1 aliphatic carbocycles. The fraction of sp³-hybridized carbons (Fsp3) is 0.115. The van der Waals surface area contributed by atoms with E-state index in [0.29, 0.717) is 0 Å². The number of fused-ring (bicyclic) bond motifs is 3. The van der Waals surface area contributed by atoms with Crippen LogP contribution in [-0.2, 0) is 6.42 Å². The largest absolute Gasteiger partial charge is 0.308 e. The van der Waals surface area contributed by atoms with Crippen LogP contribution < -0.4 is 0 Å². The molecule has 0 spiro atoms. The van der Waals surface area contributed by atoms with E-state index in [9.17, 15) is 4.39 Å². The Morgan fingerprint density at radius 3 is 2.52 bits per heavy atom. The van der Waals surface area contributed by atoms with Crippen molar-refractivity contribution in [3.8, 4) is 0 Å². The van der Waals surface area contributed by atoms with Crippen molar-refractivity contribution < 1.29 is 4.39 Å². The van der Waals surface area contributed by atoms with Gasteiger partial charge in [0.2, 0.25) is 0 Å². The zero-order valence-electron chi connectivity index (χ0n) is 16.6. The summed E-state index contributed by atoms with van der Waals surface area (Å²) in [6.07, 6.45) is 1.94. The predicted octanol–water partition coefficient (Wildman–Crippen LogP) is 7.40. The Hall–Kier alpha value is -2.63. The minimum Gasteiger partial charge on any atom is -0.308 e. The second-order valence-corrected chi connectivity index (χ2v) is 9.63. The normalized spacial score (nSPS) is 19.4. The smallest absolute Gasteiger partial charge is 0.174 e. The van der Waals surface area contributed by atoms with Crippen LogP contribution in [-0.4, -0.2) is 10.1 Å². The topological polar surface area (TPSA) is 15.6 Å². The lowest BCUT2D eigenvalue weighted by molar-refractivity contribution is 0.473. The number of thioether (sulfide) groups is 1. The Labute approximate surface area is 193 Å². The van der Waals surface area contributed by atoms with Gasteiger partial charge in [-0.25, -0.2) is 9.38 Å². The molecule has 6 rings (SSSR count). The molecule has 3 aliphatic rings. The van der Waals surface area contributed by atoms with Gasteiger partial charge in [0.05, 0.1) is 17.4 Å². The number of hydrogen-bond donors (Lipinski definition) is 0. The van der Waals surface area contributed by atoms with Crippen LogP contribution in [0.3, 0.4) is 0 Å². The molecule has 0 bridgehead atoms. The summed E-state index contributed by atoms with van der Waals surface area (Å²) in [6, 6.07) is 23.9. The minimum atomic E-state index is -0.212. The van der Waals surface area contributed by atoms with Crippen LogP contribution in [0, 0.1) is 5.82 Å². The highest BCUT2D eigenvalue weighted by molar-refractivity contribution is 9.10. The van der Waals surface area contributed by atoms with Gasteiger partial charge in [-0.2, -0.15) is 0 Å². The number of nitrogens with zero attached hydrogens (tertiary/aromatic N) is 2. The molecular weight excluding hydrogens is 471 g/mol. The molecule has 0 radical (unpaired) electrons. The van der Waals surface area contributed by atoms with Crippen molar-refractivity contribution in [2.75, 3.05) is 0 Å². The van der Waals surface area contributed by atoms with Crippen molar-refractivity contribution in [2.45, 2.75) is 18.9 Å². The second-order valence-electron chi connectivity index (χ2n) is 7.88. The number of benzene rings is 3. The van der Waals surface area contributed by atoms with Crippen molar-refractivity contribution >= 4 is 44.3 Å². The standard InChI is InChI=1S/C26H18BrFN2S/c27-19-10-5-17(6-11-19)23-15-31-26-29-24-21-4-2-1-3-16(21)9-14-22(24)25(30(23)26)18-7-12-20(28)13-8-18/h1-8,10-13,15,25H,9,14H2. The Bertz CT molecular complexity index is 1280. The van der Waals surface area contributed by atoms with Crippen LogP contribution in [0.2, 0.25) is 0 Å². The van der Waals surface area contributed by atoms with E-state index < -0.39 is 0 Å². The first kappa shape index (κ1) is 19.1. The van der Waals surface area contributed by atoms with Gasteiger partial charge in [0.1, 0.15) is 5.82 Å². The zero-order valence-corrected chi connectivity index (χ0v) is 19.0. The summed E-state index contributed by atoms with van der Waals surface area (Å²) in [5.41, 5.74) is 8.33. The number of amidine groups is 1. The highest BCUT2D eigenvalue weighted by Crippen LogP contribution is 2.51. The molecule has 0 saturated heterocycles. The predicted molar refractivity (Wildman–Crippen MR) is 130 cm³/mol. The minimum absolute atomic E-state index is 0.00125. The van der Waals surface area contributed by atoms with Crippen molar-refractivity contribution in [1.82, 2.24) is 4.90 Å². The summed E-state index contributed by atoms with van der Waals surface area (Å²) in [5.74, 6) is -0.212. The average Bonchev–Trinajstić information content (AvgIpc) is 3.22. The summed E-state index contributed by atoms with van der Waals surface area (Å²) < 4.78 is 14.8. The van der Waals surface area contributed by atoms with Crippen LogP contribution in [0.5, 0.6) is 0 Å². The Balaban J connectivity index is 1.53. The molecule has 0 amide bonds. The van der Waals surface area contributed by atoms with Crippen molar-refractivity contribution in [3.63, 3.8) is 0 Å². The lowest BCUT2D eigenvalue weighted by Crippen LogP contribution is -2.34. The lowest BCUT2D eigenvalue weighted by Gasteiger charge is -2.39. The van der Waals surface area contributed by atoms with Gasteiger partial charge in [0.15, 0.2) is 5.17 Å². The van der Waals surface area contributed by atoms with Crippen molar-refractivity contribution in [3.05, 3.63) is 116 Å². The van der Waals surface area contributed by atoms with E-state index in [1.165, 1.54) is 16.7 Å². The van der Waals surface area contributed by atoms with E-state index in [2.05, 4.69) is 74.8 Å². The Kier molecular flexibility index (Phi) is 4.62. The summed E-state index contributed by atoms with van der Waals surface area (Å²) >= 11 is 5.19. The van der Waals surface area contributed by atoms with Gasteiger partial charge in [-0.15, -0.1) is 0 Å². The van der Waals surface area contributed by atoms with Crippen LogP contribution in [0.4, 0.5) is 4.39 Å². The maximum atomic E-state index is 13.8. The third-order valence-electron chi connectivity index (χ3n) is 6.10. The van der Waals surface area contributed by atoms with E-state index in [0.717, 1.165) is 45.0 Å². The van der Waals surface area contributed by atoms with E-state index in [4.69, 9.17) is 4.99 Å². The number of aliphatic imine (C=N–C) groups is 1. The first-order chi connectivity index (χ1) is 15.2. The third kappa shape index (κ3) is 3.19. The SMILES string of the molecule is Fc1ccc(C2C3=C(N=C4SC=C(c5ccc(Br)cc5)N42)c2ccccc2CC3)cc1. The van der Waals surface area contributed by atoms with Gasteiger partial charge >= 0.3 is 0 Å². The first-order valence-corrected chi connectivity index (χ1v) is 11.9. The zero-order chi connectivity index (χ0) is 20.9. The first-order valence-electron chi connectivity index (χ1n) is 10.3. The Morgan fingerprint density at radius 1 is 0.935 bits per heavy atom. The number of aryl methyl sites for hydroxylation is 1. The van der Waals surface area contributed by atoms with Crippen LogP contribution in [0.1, 0.15) is 34.7 Å².